The van der Waals surface area contributed by atoms with Crippen LogP contribution in [0.25, 0.3) is 0 Å². The van der Waals surface area contributed by atoms with Crippen LogP contribution in [0.1, 0.15) is 17.4 Å². The van der Waals surface area contributed by atoms with Crippen molar-refractivity contribution in [3.8, 4) is 0 Å². The number of aliphatic hydroxyl groups excluding tert-OH is 1. The highest BCUT2D eigenvalue weighted by molar-refractivity contribution is 14.1. The van der Waals surface area contributed by atoms with Crippen LogP contribution in [0.2, 0.25) is 0 Å². The maximum atomic E-state index is 10.3. The molecule has 0 aliphatic carbocycles. The predicted octanol–water partition coefficient (Wildman–Crippen LogP) is 2.26. The highest BCUT2D eigenvalue weighted by atomic mass is 127. The molecule has 0 fully saturated rings. The predicted molar refractivity (Wildman–Crippen MR) is 71.9 cm³/mol. The van der Waals surface area contributed by atoms with Crippen LogP contribution in [0.15, 0.2) is 28.9 Å². The molecule has 0 saturated heterocycles. The summed E-state index contributed by atoms with van der Waals surface area (Å²) in [5.41, 5.74) is 1.51. The average Bonchev–Trinajstić information content (AvgIpc) is 2.58. The standard InChI is InChI=1S/C10H9BrIN3O/c1-15-8(10(11)13-14-15)9(16)6-4-2-3-5-7(6)12/h2-5,9,16H,1H3. The fourth-order valence-electron chi connectivity index (χ4n) is 1.47. The zero-order valence-electron chi connectivity index (χ0n) is 8.43. The Hall–Kier alpha value is -0.470. The van der Waals surface area contributed by atoms with E-state index < -0.39 is 6.10 Å². The Bertz CT molecular complexity index is 495. The summed E-state index contributed by atoms with van der Waals surface area (Å²) in [6.45, 7) is 0. The maximum absolute atomic E-state index is 10.3. The van der Waals surface area contributed by atoms with Crippen LogP contribution in [-0.4, -0.2) is 20.1 Å². The molecule has 0 bridgehead atoms. The van der Waals surface area contributed by atoms with Gasteiger partial charge in [0.1, 0.15) is 11.8 Å². The van der Waals surface area contributed by atoms with Crippen molar-refractivity contribution in [2.75, 3.05) is 0 Å². The third-order valence-corrected chi connectivity index (χ3v) is 3.83. The van der Waals surface area contributed by atoms with Crippen molar-refractivity contribution < 1.29 is 5.11 Å². The molecule has 0 aliphatic rings. The quantitative estimate of drug-likeness (QED) is 0.796. The minimum atomic E-state index is -0.720. The Morgan fingerprint density at radius 1 is 1.44 bits per heavy atom. The summed E-state index contributed by atoms with van der Waals surface area (Å²) >= 11 is 5.48. The lowest BCUT2D eigenvalue weighted by molar-refractivity contribution is 0.208. The molecule has 0 radical (unpaired) electrons. The molecule has 1 N–H and O–H groups in total. The Labute approximate surface area is 115 Å². The molecule has 1 aromatic heterocycles. The van der Waals surface area contributed by atoms with Crippen LogP contribution in [0.5, 0.6) is 0 Å². The van der Waals surface area contributed by atoms with E-state index in [1.54, 1.807) is 11.7 Å². The number of benzene rings is 1. The number of rotatable bonds is 2. The van der Waals surface area contributed by atoms with Gasteiger partial charge in [0.25, 0.3) is 0 Å². The van der Waals surface area contributed by atoms with Crippen molar-refractivity contribution in [3.63, 3.8) is 0 Å². The fraction of sp³-hybridized carbons (Fsp3) is 0.200. The molecule has 2 rings (SSSR count). The third-order valence-electron chi connectivity index (χ3n) is 2.29. The number of halogens is 2. The number of hydrogen-bond donors (Lipinski definition) is 1. The van der Waals surface area contributed by atoms with Crippen molar-refractivity contribution in [1.29, 1.82) is 0 Å². The number of hydrogen-bond acceptors (Lipinski definition) is 3. The van der Waals surface area contributed by atoms with Crippen molar-refractivity contribution in [2.24, 2.45) is 7.05 Å². The minimum absolute atomic E-state index is 0.571. The molecule has 0 saturated carbocycles. The van der Waals surface area contributed by atoms with Crippen molar-refractivity contribution in [2.45, 2.75) is 6.10 Å². The zero-order chi connectivity index (χ0) is 11.7. The van der Waals surface area contributed by atoms with Crippen LogP contribution < -0.4 is 0 Å². The van der Waals surface area contributed by atoms with Gasteiger partial charge in [-0.15, -0.1) is 5.10 Å². The second kappa shape index (κ2) is 4.80. The second-order valence-corrected chi connectivity index (χ2v) is 5.23. The van der Waals surface area contributed by atoms with Gasteiger partial charge in [-0.3, -0.25) is 0 Å². The lowest BCUT2D eigenvalue weighted by Crippen LogP contribution is -2.08. The molecule has 6 heteroatoms. The summed E-state index contributed by atoms with van der Waals surface area (Å²) in [4.78, 5) is 0. The topological polar surface area (TPSA) is 50.9 Å². The summed E-state index contributed by atoms with van der Waals surface area (Å²) in [6.07, 6.45) is -0.720. The molecule has 16 heavy (non-hydrogen) atoms. The molecule has 1 atom stereocenters. The van der Waals surface area contributed by atoms with E-state index in [1.807, 2.05) is 24.3 Å². The summed E-state index contributed by atoms with van der Waals surface area (Å²) in [5.74, 6) is 0. The van der Waals surface area contributed by atoms with Crippen LogP contribution in [0, 0.1) is 3.57 Å². The summed E-state index contributed by atoms with van der Waals surface area (Å²) < 4.78 is 3.15. The largest absolute Gasteiger partial charge is 0.382 e. The zero-order valence-corrected chi connectivity index (χ0v) is 12.2. The number of aliphatic hydroxyl groups is 1. The molecular weight excluding hydrogens is 385 g/mol. The van der Waals surface area contributed by atoms with Crippen LogP contribution in [0.4, 0.5) is 0 Å². The van der Waals surface area contributed by atoms with Gasteiger partial charge in [0.2, 0.25) is 0 Å². The first-order valence-corrected chi connectivity index (χ1v) is 6.46. The van der Waals surface area contributed by atoms with E-state index in [0.717, 1.165) is 9.13 Å². The molecule has 0 spiro atoms. The molecule has 4 nitrogen and oxygen atoms in total. The SMILES string of the molecule is Cn1nnc(Br)c1C(O)c1ccccc1I. The van der Waals surface area contributed by atoms with Gasteiger partial charge < -0.3 is 5.11 Å². The highest BCUT2D eigenvalue weighted by Gasteiger charge is 2.20. The van der Waals surface area contributed by atoms with Gasteiger partial charge in [-0.1, -0.05) is 23.4 Å². The molecule has 84 valence electrons. The van der Waals surface area contributed by atoms with Gasteiger partial charge in [0.15, 0.2) is 4.60 Å². The van der Waals surface area contributed by atoms with E-state index in [-0.39, 0.29) is 0 Å². The second-order valence-electron chi connectivity index (χ2n) is 3.31. The van der Waals surface area contributed by atoms with E-state index in [2.05, 4.69) is 48.8 Å². The Kier molecular flexibility index (Phi) is 3.60. The lowest BCUT2D eigenvalue weighted by atomic mass is 10.1. The lowest BCUT2D eigenvalue weighted by Gasteiger charge is -2.12. The van der Waals surface area contributed by atoms with Gasteiger partial charge in [-0.25, -0.2) is 4.68 Å². The van der Waals surface area contributed by atoms with Crippen LogP contribution in [-0.2, 0) is 7.05 Å². The van der Waals surface area contributed by atoms with Gasteiger partial charge in [0, 0.05) is 10.6 Å². The maximum Gasteiger partial charge on any atom is 0.154 e. The van der Waals surface area contributed by atoms with Crippen molar-refractivity contribution in [3.05, 3.63) is 43.7 Å². The molecule has 0 aliphatic heterocycles. The highest BCUT2D eigenvalue weighted by Crippen LogP contribution is 2.29. The average molecular weight is 394 g/mol. The van der Waals surface area contributed by atoms with E-state index in [1.165, 1.54) is 0 Å². The summed E-state index contributed by atoms with van der Waals surface area (Å²) in [5, 5.41) is 18.0. The number of nitrogens with zero attached hydrogens (tertiary/aromatic N) is 3. The van der Waals surface area contributed by atoms with Gasteiger partial charge in [-0.2, -0.15) is 0 Å². The third kappa shape index (κ3) is 2.14. The molecule has 2 aromatic rings. The van der Waals surface area contributed by atoms with E-state index in [9.17, 15) is 5.11 Å². The van der Waals surface area contributed by atoms with Gasteiger partial charge >= 0.3 is 0 Å². The van der Waals surface area contributed by atoms with Crippen LogP contribution >= 0.6 is 38.5 Å². The number of aryl methyl sites for hydroxylation is 1. The first-order chi connectivity index (χ1) is 7.61. The van der Waals surface area contributed by atoms with E-state index in [0.29, 0.717) is 10.3 Å². The number of aromatic nitrogens is 3. The first kappa shape index (κ1) is 12.0. The Morgan fingerprint density at radius 3 is 2.69 bits per heavy atom. The van der Waals surface area contributed by atoms with Crippen LogP contribution in [0.3, 0.4) is 0 Å². The first-order valence-electron chi connectivity index (χ1n) is 4.59. The monoisotopic (exact) mass is 393 g/mol. The van der Waals surface area contributed by atoms with E-state index >= 15 is 0 Å². The van der Waals surface area contributed by atoms with Crippen molar-refractivity contribution >= 4 is 38.5 Å². The normalized spacial score (nSPS) is 12.8. The summed E-state index contributed by atoms with van der Waals surface area (Å²) in [6, 6.07) is 7.69. The molecule has 0 amide bonds. The molecule has 1 aromatic carbocycles. The smallest absolute Gasteiger partial charge is 0.154 e. The Morgan fingerprint density at radius 2 is 2.12 bits per heavy atom. The Balaban J connectivity index is 2.47. The molecule has 1 unspecified atom stereocenters. The molecule has 1 heterocycles. The van der Waals surface area contributed by atoms with E-state index in [4.69, 9.17) is 0 Å². The minimum Gasteiger partial charge on any atom is -0.382 e. The fourth-order valence-corrected chi connectivity index (χ4v) is 2.70. The van der Waals surface area contributed by atoms with Gasteiger partial charge in [-0.05, 0) is 50.2 Å². The summed E-state index contributed by atoms with van der Waals surface area (Å²) in [7, 11) is 1.76. The van der Waals surface area contributed by atoms with Crippen molar-refractivity contribution in [1.82, 2.24) is 15.0 Å². The van der Waals surface area contributed by atoms with Gasteiger partial charge in [0.05, 0.1) is 0 Å². The molecular formula is C10H9BrIN3O.